The fourth-order valence-corrected chi connectivity index (χ4v) is 2.67. The molecule has 0 spiro atoms. The molecule has 0 heterocycles. The van der Waals surface area contributed by atoms with Crippen LogP contribution >= 0.6 is 0 Å². The lowest BCUT2D eigenvalue weighted by molar-refractivity contribution is 0.0519. The quantitative estimate of drug-likeness (QED) is 0.351. The Hall–Kier alpha value is 0.0569. The summed E-state index contributed by atoms with van der Waals surface area (Å²) < 4.78 is 15.8. The van der Waals surface area contributed by atoms with Crippen molar-refractivity contribution in [2.45, 2.75) is 39.0 Å². The van der Waals surface area contributed by atoms with Gasteiger partial charge >= 0.3 is 9.28 Å². The highest BCUT2D eigenvalue weighted by Crippen LogP contribution is 2.02. The highest BCUT2D eigenvalue weighted by Gasteiger charge is 2.08. The van der Waals surface area contributed by atoms with Gasteiger partial charge in [-0.05, 0) is 32.9 Å². The van der Waals surface area contributed by atoms with Gasteiger partial charge in [-0.1, -0.05) is 6.42 Å². The molecule has 5 heteroatoms. The normalized spacial score (nSPS) is 13.4. The van der Waals surface area contributed by atoms with Crippen LogP contribution in [-0.2, 0) is 13.6 Å². The van der Waals surface area contributed by atoms with E-state index in [0.717, 1.165) is 32.0 Å². The first-order valence-electron chi connectivity index (χ1n) is 5.65. The lowest BCUT2D eigenvalue weighted by atomic mass is 10.3. The van der Waals surface area contributed by atoms with Crippen molar-refractivity contribution in [3.8, 4) is 0 Å². The van der Waals surface area contributed by atoms with Gasteiger partial charge in [0, 0.05) is 20.8 Å². The summed E-state index contributed by atoms with van der Waals surface area (Å²) in [4.78, 5) is 0. The molecule has 0 aliphatic heterocycles. The third-order valence-electron chi connectivity index (χ3n) is 2.24. The van der Waals surface area contributed by atoms with Crippen molar-refractivity contribution >= 4 is 9.28 Å². The van der Waals surface area contributed by atoms with E-state index in [2.05, 4.69) is 5.32 Å². The third-order valence-corrected chi connectivity index (χ3v) is 4.17. The Balaban J connectivity index is 3.23. The molecule has 0 aliphatic rings. The van der Waals surface area contributed by atoms with Crippen LogP contribution in [0.1, 0.15) is 26.7 Å². The van der Waals surface area contributed by atoms with Crippen molar-refractivity contribution in [2.75, 3.05) is 27.4 Å². The second-order valence-electron chi connectivity index (χ2n) is 3.45. The number of hydrogen-bond acceptors (Lipinski definition) is 4. The molecule has 1 N–H and O–H groups in total. The van der Waals surface area contributed by atoms with Crippen LogP contribution in [0.25, 0.3) is 0 Å². The zero-order valence-electron chi connectivity index (χ0n) is 10.4. The molecule has 0 saturated heterocycles. The van der Waals surface area contributed by atoms with Gasteiger partial charge in [-0.15, -0.1) is 0 Å². The van der Waals surface area contributed by atoms with Gasteiger partial charge in [-0.2, -0.15) is 0 Å². The number of nitrogens with one attached hydrogen (secondary N) is 1. The maximum absolute atomic E-state index is 5.36. The standard InChI is InChI=1S/C10H25NO3Si/c1-5-14-10(2)11-8-6-7-9-15(12-3)13-4/h10-11,15H,5-9H2,1-4H3. The minimum Gasteiger partial charge on any atom is -0.400 e. The van der Waals surface area contributed by atoms with Gasteiger partial charge in [-0.25, -0.2) is 0 Å². The van der Waals surface area contributed by atoms with Crippen molar-refractivity contribution < 1.29 is 13.6 Å². The first-order valence-corrected chi connectivity index (χ1v) is 7.41. The number of hydrogen-bond donors (Lipinski definition) is 1. The largest absolute Gasteiger partial charge is 0.400 e. The van der Waals surface area contributed by atoms with Gasteiger partial charge in [0.05, 0.1) is 0 Å². The first kappa shape index (κ1) is 15.1. The highest BCUT2D eigenvalue weighted by atomic mass is 28.3. The molecule has 92 valence electrons. The second kappa shape index (κ2) is 10.6. The Morgan fingerprint density at radius 1 is 1.20 bits per heavy atom. The molecular formula is C10H25NO3Si. The van der Waals surface area contributed by atoms with Crippen LogP contribution in [-0.4, -0.2) is 42.9 Å². The zero-order valence-corrected chi connectivity index (χ0v) is 11.6. The molecule has 1 unspecified atom stereocenters. The van der Waals surface area contributed by atoms with Crippen molar-refractivity contribution in [1.29, 1.82) is 0 Å². The SMILES string of the molecule is CCOC(C)NCCCC[SiH](OC)OC. The van der Waals surface area contributed by atoms with Crippen LogP contribution in [0.3, 0.4) is 0 Å². The molecule has 0 aliphatic carbocycles. The van der Waals surface area contributed by atoms with Gasteiger partial charge in [-0.3, -0.25) is 5.32 Å². The fourth-order valence-electron chi connectivity index (χ4n) is 1.38. The summed E-state index contributed by atoms with van der Waals surface area (Å²) in [6.45, 7) is 5.79. The lowest BCUT2D eigenvalue weighted by Crippen LogP contribution is -2.29. The van der Waals surface area contributed by atoms with E-state index in [0.29, 0.717) is 0 Å². The summed E-state index contributed by atoms with van der Waals surface area (Å²) in [6.07, 6.45) is 2.46. The molecule has 4 nitrogen and oxygen atoms in total. The molecule has 0 rings (SSSR count). The van der Waals surface area contributed by atoms with E-state index in [9.17, 15) is 0 Å². The van der Waals surface area contributed by atoms with E-state index in [4.69, 9.17) is 13.6 Å². The van der Waals surface area contributed by atoms with Crippen molar-refractivity contribution in [2.24, 2.45) is 0 Å². The summed E-state index contributed by atoms with van der Waals surface area (Å²) >= 11 is 0. The summed E-state index contributed by atoms with van der Waals surface area (Å²) in [5, 5.41) is 3.30. The second-order valence-corrected chi connectivity index (χ2v) is 5.83. The smallest absolute Gasteiger partial charge is 0.320 e. The predicted molar refractivity (Wildman–Crippen MR) is 64.3 cm³/mol. The Bertz CT molecular complexity index is 134. The molecule has 0 amide bonds. The molecule has 0 radical (unpaired) electrons. The lowest BCUT2D eigenvalue weighted by Gasteiger charge is -2.14. The molecule has 0 bridgehead atoms. The predicted octanol–water partition coefficient (Wildman–Crippen LogP) is 1.25. The van der Waals surface area contributed by atoms with E-state index in [1.165, 1.54) is 0 Å². The van der Waals surface area contributed by atoms with E-state index < -0.39 is 9.28 Å². The van der Waals surface area contributed by atoms with E-state index in [1.54, 1.807) is 14.2 Å². The van der Waals surface area contributed by atoms with Crippen LogP contribution in [0.2, 0.25) is 6.04 Å². The first-order chi connectivity index (χ1) is 7.24. The average molecular weight is 235 g/mol. The Labute approximate surface area is 95.1 Å². The molecule has 1 atom stereocenters. The van der Waals surface area contributed by atoms with Gasteiger partial charge in [0.2, 0.25) is 0 Å². The van der Waals surface area contributed by atoms with Crippen molar-refractivity contribution in [3.63, 3.8) is 0 Å². The van der Waals surface area contributed by atoms with E-state index in [1.807, 2.05) is 13.8 Å². The molecule has 15 heavy (non-hydrogen) atoms. The molecule has 0 aromatic rings. The van der Waals surface area contributed by atoms with Crippen LogP contribution in [0.5, 0.6) is 0 Å². The number of unbranched alkanes of at least 4 members (excludes halogenated alkanes) is 1. The Morgan fingerprint density at radius 2 is 1.87 bits per heavy atom. The number of ether oxygens (including phenoxy) is 1. The topological polar surface area (TPSA) is 39.7 Å². The van der Waals surface area contributed by atoms with E-state index >= 15 is 0 Å². The molecule has 0 aromatic carbocycles. The van der Waals surface area contributed by atoms with E-state index in [-0.39, 0.29) is 6.23 Å². The van der Waals surface area contributed by atoms with Crippen LogP contribution in [0, 0.1) is 0 Å². The third kappa shape index (κ3) is 9.01. The molecular weight excluding hydrogens is 210 g/mol. The van der Waals surface area contributed by atoms with Crippen LogP contribution in [0.15, 0.2) is 0 Å². The van der Waals surface area contributed by atoms with Crippen LogP contribution in [0.4, 0.5) is 0 Å². The monoisotopic (exact) mass is 235 g/mol. The minimum absolute atomic E-state index is 0.160. The summed E-state index contributed by atoms with van der Waals surface area (Å²) in [6, 6.07) is 1.08. The van der Waals surface area contributed by atoms with Gasteiger partial charge in [0.25, 0.3) is 0 Å². The Morgan fingerprint density at radius 3 is 2.40 bits per heavy atom. The molecule has 0 saturated carbocycles. The fraction of sp³-hybridized carbons (Fsp3) is 1.00. The summed E-state index contributed by atoms with van der Waals surface area (Å²) in [7, 11) is 2.13. The highest BCUT2D eigenvalue weighted by molar-refractivity contribution is 6.44. The van der Waals surface area contributed by atoms with Gasteiger partial charge < -0.3 is 13.6 Å². The Kier molecular flexibility index (Phi) is 10.6. The van der Waals surface area contributed by atoms with Gasteiger partial charge in [0.15, 0.2) is 0 Å². The van der Waals surface area contributed by atoms with Crippen molar-refractivity contribution in [3.05, 3.63) is 0 Å². The molecule has 0 aromatic heterocycles. The average Bonchev–Trinajstić information content (AvgIpc) is 2.24. The zero-order chi connectivity index (χ0) is 11.5. The van der Waals surface area contributed by atoms with Crippen LogP contribution < -0.4 is 5.32 Å². The maximum Gasteiger partial charge on any atom is 0.320 e. The summed E-state index contributed by atoms with van der Waals surface area (Å²) in [5.74, 6) is 0. The number of rotatable bonds is 10. The van der Waals surface area contributed by atoms with Crippen molar-refractivity contribution in [1.82, 2.24) is 5.32 Å². The maximum atomic E-state index is 5.36. The van der Waals surface area contributed by atoms with Gasteiger partial charge in [0.1, 0.15) is 6.23 Å². The molecule has 0 fully saturated rings. The minimum atomic E-state index is -1.33. The summed E-state index contributed by atoms with van der Waals surface area (Å²) in [5.41, 5.74) is 0.